The summed E-state index contributed by atoms with van der Waals surface area (Å²) in [5.74, 6) is 0. The van der Waals surface area contributed by atoms with E-state index < -0.39 is 10.0 Å². The van der Waals surface area contributed by atoms with Crippen molar-refractivity contribution < 1.29 is 8.42 Å². The smallest absolute Gasteiger partial charge is 0.246 e. The molecular weight excluding hydrogens is 306 g/mol. The molecule has 0 radical (unpaired) electrons. The van der Waals surface area contributed by atoms with Gasteiger partial charge in [-0.2, -0.15) is 9.40 Å². The van der Waals surface area contributed by atoms with Crippen molar-refractivity contribution in [2.24, 2.45) is 0 Å². The minimum absolute atomic E-state index is 0.124. The van der Waals surface area contributed by atoms with Crippen LogP contribution in [0.25, 0.3) is 0 Å². The molecule has 114 valence electrons. The Morgan fingerprint density at radius 2 is 2.29 bits per heavy atom. The van der Waals surface area contributed by atoms with Crippen molar-refractivity contribution in [3.05, 3.63) is 47.4 Å². The van der Waals surface area contributed by atoms with Crippen LogP contribution in [0.1, 0.15) is 24.8 Å². The summed E-state index contributed by atoms with van der Waals surface area (Å²) in [5.41, 5.74) is 0. The second kappa shape index (κ2) is 6.55. The van der Waals surface area contributed by atoms with Crippen LogP contribution in [0.4, 0.5) is 0 Å². The number of hydrogen-bond acceptors (Lipinski definition) is 4. The van der Waals surface area contributed by atoms with E-state index in [0.717, 1.165) is 4.88 Å². The predicted octanol–water partition coefficient (Wildman–Crippen LogP) is 2.90. The van der Waals surface area contributed by atoms with E-state index in [4.69, 9.17) is 0 Å². The molecule has 0 aromatic carbocycles. The highest BCUT2D eigenvalue weighted by atomic mass is 32.2. The van der Waals surface area contributed by atoms with Gasteiger partial charge in [-0.3, -0.25) is 4.68 Å². The average molecular weight is 325 g/mol. The normalized spacial score (nSPS) is 12.2. The highest BCUT2D eigenvalue weighted by Gasteiger charge is 2.25. The second-order valence-electron chi connectivity index (χ2n) is 4.92. The van der Waals surface area contributed by atoms with E-state index in [1.807, 2.05) is 31.4 Å². The first-order chi connectivity index (χ1) is 9.95. The van der Waals surface area contributed by atoms with Crippen molar-refractivity contribution in [3.8, 4) is 0 Å². The van der Waals surface area contributed by atoms with Crippen LogP contribution < -0.4 is 0 Å². The first-order valence-corrected chi connectivity index (χ1v) is 8.94. The van der Waals surface area contributed by atoms with Gasteiger partial charge in [0.25, 0.3) is 0 Å². The van der Waals surface area contributed by atoms with E-state index >= 15 is 0 Å². The summed E-state index contributed by atoms with van der Waals surface area (Å²) in [5, 5.41) is 6.04. The third-order valence-corrected chi connectivity index (χ3v) is 5.62. The van der Waals surface area contributed by atoms with Crippen molar-refractivity contribution in [2.75, 3.05) is 6.54 Å². The van der Waals surface area contributed by atoms with Crippen LogP contribution in [0.15, 0.2) is 47.5 Å². The van der Waals surface area contributed by atoms with Crippen molar-refractivity contribution in [3.63, 3.8) is 0 Å². The molecular formula is C14H19N3O2S2. The van der Waals surface area contributed by atoms with Gasteiger partial charge in [-0.05, 0) is 25.3 Å². The van der Waals surface area contributed by atoms with Gasteiger partial charge in [-0.1, -0.05) is 12.1 Å². The Kier molecular flexibility index (Phi) is 4.97. The number of nitrogens with zero attached hydrogens (tertiary/aromatic N) is 3. The largest absolute Gasteiger partial charge is 0.269 e. The number of aromatic nitrogens is 2. The van der Waals surface area contributed by atoms with Crippen molar-refractivity contribution >= 4 is 21.4 Å². The van der Waals surface area contributed by atoms with E-state index in [0.29, 0.717) is 6.54 Å². The number of hydrogen-bond donors (Lipinski definition) is 0. The summed E-state index contributed by atoms with van der Waals surface area (Å²) in [6.45, 7) is 8.17. The summed E-state index contributed by atoms with van der Waals surface area (Å²) < 4.78 is 28.5. The Balaban J connectivity index is 2.30. The fourth-order valence-corrected chi connectivity index (χ4v) is 3.98. The van der Waals surface area contributed by atoms with Crippen LogP contribution in [0.3, 0.4) is 0 Å². The SMILES string of the molecule is C=CCN(Cc1cccs1)S(=O)(=O)c1cnn(C(C)C)c1. The molecule has 0 fully saturated rings. The average Bonchev–Trinajstić information content (AvgIpc) is 3.09. The third kappa shape index (κ3) is 3.61. The lowest BCUT2D eigenvalue weighted by atomic mass is 10.4. The van der Waals surface area contributed by atoms with Gasteiger partial charge in [-0.25, -0.2) is 8.42 Å². The van der Waals surface area contributed by atoms with Gasteiger partial charge in [0.2, 0.25) is 10.0 Å². The van der Waals surface area contributed by atoms with Gasteiger partial charge in [0.15, 0.2) is 0 Å². The molecule has 7 heteroatoms. The van der Waals surface area contributed by atoms with Crippen LogP contribution in [-0.4, -0.2) is 29.0 Å². The van der Waals surface area contributed by atoms with Gasteiger partial charge < -0.3 is 0 Å². The summed E-state index contributed by atoms with van der Waals surface area (Å²) in [6, 6.07) is 3.96. The maximum atomic E-state index is 12.7. The Morgan fingerprint density at radius 1 is 1.52 bits per heavy atom. The van der Waals surface area contributed by atoms with Crippen molar-refractivity contribution in [1.82, 2.24) is 14.1 Å². The maximum absolute atomic E-state index is 12.7. The summed E-state index contributed by atoms with van der Waals surface area (Å²) in [6.07, 6.45) is 4.57. The summed E-state index contributed by atoms with van der Waals surface area (Å²) in [4.78, 5) is 1.21. The zero-order chi connectivity index (χ0) is 15.5. The lowest BCUT2D eigenvalue weighted by molar-refractivity contribution is 0.441. The predicted molar refractivity (Wildman–Crippen MR) is 84.7 cm³/mol. The Hall–Kier alpha value is -1.44. The van der Waals surface area contributed by atoms with Gasteiger partial charge in [0, 0.05) is 30.2 Å². The molecule has 5 nitrogen and oxygen atoms in total. The van der Waals surface area contributed by atoms with Crippen LogP contribution in [0.5, 0.6) is 0 Å². The molecule has 2 rings (SSSR count). The van der Waals surface area contributed by atoms with Crippen molar-refractivity contribution in [2.45, 2.75) is 31.3 Å². The quantitative estimate of drug-likeness (QED) is 0.736. The molecule has 0 spiro atoms. The topological polar surface area (TPSA) is 55.2 Å². The molecule has 0 saturated carbocycles. The Morgan fingerprint density at radius 3 is 2.81 bits per heavy atom. The Bertz CT molecular complexity index is 688. The molecule has 0 saturated heterocycles. The molecule has 2 aromatic rings. The highest BCUT2D eigenvalue weighted by Crippen LogP contribution is 2.21. The number of thiophene rings is 1. The summed E-state index contributed by atoms with van der Waals surface area (Å²) >= 11 is 1.54. The molecule has 0 amide bonds. The number of sulfonamides is 1. The lowest BCUT2D eigenvalue weighted by Gasteiger charge is -2.19. The van der Waals surface area contributed by atoms with Crippen LogP contribution in [0.2, 0.25) is 0 Å². The molecule has 21 heavy (non-hydrogen) atoms. The zero-order valence-corrected chi connectivity index (χ0v) is 13.8. The molecule has 0 bridgehead atoms. The van der Waals surface area contributed by atoms with Gasteiger partial charge in [0.05, 0.1) is 6.20 Å². The molecule has 2 heterocycles. The van der Waals surface area contributed by atoms with E-state index in [1.165, 1.54) is 21.8 Å². The molecule has 0 atom stereocenters. The number of rotatable bonds is 7. The van der Waals surface area contributed by atoms with Crippen molar-refractivity contribution in [1.29, 1.82) is 0 Å². The van der Waals surface area contributed by atoms with Gasteiger partial charge in [0.1, 0.15) is 4.90 Å². The molecule has 0 unspecified atom stereocenters. The van der Waals surface area contributed by atoms with E-state index in [2.05, 4.69) is 11.7 Å². The minimum atomic E-state index is -3.57. The third-order valence-electron chi connectivity index (χ3n) is 2.99. The molecule has 0 N–H and O–H groups in total. The van der Waals surface area contributed by atoms with Gasteiger partial charge in [-0.15, -0.1) is 17.9 Å². The first kappa shape index (κ1) is 15.9. The molecule has 2 aromatic heterocycles. The van der Waals surface area contributed by atoms with Crippen LogP contribution in [0, 0.1) is 0 Å². The monoisotopic (exact) mass is 325 g/mol. The minimum Gasteiger partial charge on any atom is -0.269 e. The molecule has 0 aliphatic heterocycles. The molecule has 0 aliphatic rings. The highest BCUT2D eigenvalue weighted by molar-refractivity contribution is 7.89. The summed E-state index contributed by atoms with van der Waals surface area (Å²) in [7, 11) is -3.57. The zero-order valence-electron chi connectivity index (χ0n) is 12.1. The van der Waals surface area contributed by atoms with Gasteiger partial charge >= 0.3 is 0 Å². The standard InChI is InChI=1S/C14H19N3O2S2/c1-4-7-16(10-13-6-5-8-20-13)21(18,19)14-9-15-17(11-14)12(2)3/h4-6,8-9,11-12H,1,7,10H2,2-3H3. The van der Waals surface area contributed by atoms with Crippen LogP contribution in [-0.2, 0) is 16.6 Å². The van der Waals surface area contributed by atoms with E-state index in [1.54, 1.807) is 17.0 Å². The first-order valence-electron chi connectivity index (χ1n) is 6.62. The second-order valence-corrected chi connectivity index (χ2v) is 7.89. The van der Waals surface area contributed by atoms with E-state index in [-0.39, 0.29) is 17.5 Å². The fourth-order valence-electron chi connectivity index (χ4n) is 1.85. The van der Waals surface area contributed by atoms with E-state index in [9.17, 15) is 8.42 Å². The lowest BCUT2D eigenvalue weighted by Crippen LogP contribution is -2.30. The Labute approximate surface area is 129 Å². The maximum Gasteiger partial charge on any atom is 0.246 e. The molecule has 0 aliphatic carbocycles. The fraction of sp³-hybridized carbons (Fsp3) is 0.357. The van der Waals surface area contributed by atoms with Crippen LogP contribution >= 0.6 is 11.3 Å².